The quantitative estimate of drug-likeness (QED) is 0.806. The molecule has 1 aliphatic rings. The van der Waals surface area contributed by atoms with Crippen molar-refractivity contribution in [3.63, 3.8) is 0 Å². The lowest BCUT2D eigenvalue weighted by molar-refractivity contribution is 0.0719. The van der Waals surface area contributed by atoms with Crippen LogP contribution in [0.2, 0.25) is 0 Å². The van der Waals surface area contributed by atoms with E-state index < -0.39 is 5.60 Å². The van der Waals surface area contributed by atoms with Crippen molar-refractivity contribution in [2.24, 2.45) is 0 Å². The molecule has 1 unspecified atom stereocenters. The number of nitrogens with one attached hydrogen (secondary N) is 1. The number of likely N-dealkylation sites (N-methyl/N-ethyl adjacent to an activating group) is 1. The van der Waals surface area contributed by atoms with Crippen LogP contribution in [0.1, 0.15) is 18.9 Å². The molecule has 1 aromatic rings. The number of nitrogens with zero attached hydrogens (tertiary/aromatic N) is 3. The Hall–Kier alpha value is -1.86. The fourth-order valence-corrected chi connectivity index (χ4v) is 2.42. The summed E-state index contributed by atoms with van der Waals surface area (Å²) in [7, 11) is 3.97. The first-order chi connectivity index (χ1) is 10.9. The summed E-state index contributed by atoms with van der Waals surface area (Å²) in [5.41, 5.74) is 0.104. The molecule has 0 aromatic carbocycles. The van der Waals surface area contributed by atoms with Crippen LogP contribution >= 0.6 is 0 Å². The Bertz CT molecular complexity index is 534. The van der Waals surface area contributed by atoms with Crippen LogP contribution in [0.3, 0.4) is 0 Å². The van der Waals surface area contributed by atoms with Gasteiger partial charge in [-0.3, -0.25) is 4.98 Å². The van der Waals surface area contributed by atoms with E-state index in [2.05, 4.69) is 10.3 Å². The van der Waals surface area contributed by atoms with Crippen LogP contribution in [0.15, 0.2) is 18.5 Å². The third-order valence-corrected chi connectivity index (χ3v) is 3.84. The zero-order chi connectivity index (χ0) is 16.9. The van der Waals surface area contributed by atoms with Gasteiger partial charge in [-0.1, -0.05) is 0 Å². The van der Waals surface area contributed by atoms with Crippen molar-refractivity contribution >= 4 is 6.03 Å². The van der Waals surface area contributed by atoms with Crippen molar-refractivity contribution in [1.82, 2.24) is 20.1 Å². The number of carbonyl (C=O) groups excluding carboxylic acids is 1. The smallest absolute Gasteiger partial charge is 0.317 e. The third kappa shape index (κ3) is 5.37. The van der Waals surface area contributed by atoms with Gasteiger partial charge in [-0.05, 0) is 33.5 Å². The highest BCUT2D eigenvalue weighted by Gasteiger charge is 2.33. The van der Waals surface area contributed by atoms with Gasteiger partial charge in [0.25, 0.3) is 0 Å². The number of hydrogen-bond acceptors (Lipinski definition) is 5. The number of pyridine rings is 1. The number of aromatic nitrogens is 1. The molecule has 7 heteroatoms. The molecule has 1 fully saturated rings. The van der Waals surface area contributed by atoms with Crippen LogP contribution in [-0.2, 0) is 6.54 Å². The number of urea groups is 1. The van der Waals surface area contributed by atoms with Crippen LogP contribution in [0, 0.1) is 0 Å². The molecule has 0 saturated carbocycles. The van der Waals surface area contributed by atoms with Gasteiger partial charge in [0.1, 0.15) is 12.4 Å². The van der Waals surface area contributed by atoms with E-state index in [1.807, 2.05) is 25.1 Å². The average Bonchev–Trinajstić information content (AvgIpc) is 2.86. The lowest BCUT2D eigenvalue weighted by Gasteiger charge is -2.20. The van der Waals surface area contributed by atoms with E-state index in [1.165, 1.54) is 0 Å². The zero-order valence-electron chi connectivity index (χ0n) is 14.1. The van der Waals surface area contributed by atoms with Gasteiger partial charge in [0.2, 0.25) is 0 Å². The molecule has 2 rings (SSSR count). The SMILES string of the molecule is CN(C)CCOc1cnccc1CNC(=O)N1CCC(C)(O)C1. The van der Waals surface area contributed by atoms with E-state index in [-0.39, 0.29) is 6.03 Å². The second-order valence-electron chi connectivity index (χ2n) is 6.46. The maximum atomic E-state index is 12.2. The molecule has 0 aliphatic carbocycles. The number of hydrogen-bond donors (Lipinski definition) is 2. The van der Waals surface area contributed by atoms with Crippen molar-refractivity contribution < 1.29 is 14.6 Å². The number of ether oxygens (including phenoxy) is 1. The lowest BCUT2D eigenvalue weighted by atomic mass is 10.1. The van der Waals surface area contributed by atoms with Crippen LogP contribution in [0.5, 0.6) is 5.75 Å². The van der Waals surface area contributed by atoms with Crippen molar-refractivity contribution in [1.29, 1.82) is 0 Å². The Morgan fingerprint density at radius 3 is 3.00 bits per heavy atom. The van der Waals surface area contributed by atoms with Crippen LogP contribution < -0.4 is 10.1 Å². The fraction of sp³-hybridized carbons (Fsp3) is 0.625. The number of carbonyl (C=O) groups is 1. The number of rotatable bonds is 6. The number of likely N-dealkylation sites (tertiary alicyclic amines) is 1. The minimum Gasteiger partial charge on any atom is -0.490 e. The molecule has 1 saturated heterocycles. The lowest BCUT2D eigenvalue weighted by Crippen LogP contribution is -2.40. The summed E-state index contributed by atoms with van der Waals surface area (Å²) in [6.45, 7) is 4.43. The molecule has 128 valence electrons. The predicted molar refractivity (Wildman–Crippen MR) is 87.3 cm³/mol. The maximum Gasteiger partial charge on any atom is 0.317 e. The summed E-state index contributed by atoms with van der Waals surface area (Å²) in [6, 6.07) is 1.67. The summed E-state index contributed by atoms with van der Waals surface area (Å²) in [6.07, 6.45) is 3.95. The topological polar surface area (TPSA) is 77.9 Å². The van der Waals surface area contributed by atoms with Gasteiger partial charge in [0.15, 0.2) is 0 Å². The standard InChI is InChI=1S/C16H26N4O3/c1-16(22)5-7-20(12-16)15(21)18-10-13-4-6-17-11-14(13)23-9-8-19(2)3/h4,6,11,22H,5,7-10,12H2,1-3H3,(H,18,21). The maximum absolute atomic E-state index is 12.2. The molecule has 2 amide bonds. The Balaban J connectivity index is 1.86. The predicted octanol–water partition coefficient (Wildman–Crippen LogP) is 0.688. The second kappa shape index (κ2) is 7.61. The number of aliphatic hydroxyl groups is 1. The fourth-order valence-electron chi connectivity index (χ4n) is 2.42. The molecule has 1 aromatic heterocycles. The highest BCUT2D eigenvalue weighted by molar-refractivity contribution is 5.74. The molecule has 1 aliphatic heterocycles. The van der Waals surface area contributed by atoms with Crippen molar-refractivity contribution in [3.05, 3.63) is 24.0 Å². The Morgan fingerprint density at radius 2 is 2.35 bits per heavy atom. The van der Waals surface area contributed by atoms with Gasteiger partial charge in [0, 0.05) is 31.4 Å². The van der Waals surface area contributed by atoms with Gasteiger partial charge in [-0.25, -0.2) is 4.79 Å². The summed E-state index contributed by atoms with van der Waals surface area (Å²) in [4.78, 5) is 19.9. The Labute approximate surface area is 137 Å². The summed E-state index contributed by atoms with van der Waals surface area (Å²) >= 11 is 0. The molecular formula is C16H26N4O3. The van der Waals surface area contributed by atoms with Crippen molar-refractivity contribution in [2.75, 3.05) is 40.3 Å². The Kier molecular flexibility index (Phi) is 5.79. The number of β-amino-alcohol motifs (C(OH)–C–C–N with tert-alkyl or cyclic N) is 1. The normalized spacial score (nSPS) is 20.8. The highest BCUT2D eigenvalue weighted by Crippen LogP contribution is 2.20. The molecule has 2 heterocycles. The monoisotopic (exact) mass is 322 g/mol. The molecule has 1 atom stereocenters. The highest BCUT2D eigenvalue weighted by atomic mass is 16.5. The summed E-state index contributed by atoms with van der Waals surface area (Å²) in [5, 5.41) is 12.8. The van der Waals surface area contributed by atoms with Gasteiger partial charge < -0.3 is 25.0 Å². The minimum absolute atomic E-state index is 0.168. The first kappa shape index (κ1) is 17.5. The van der Waals surface area contributed by atoms with E-state index in [4.69, 9.17) is 4.74 Å². The first-order valence-corrected chi connectivity index (χ1v) is 7.83. The van der Waals surface area contributed by atoms with E-state index in [9.17, 15) is 9.90 Å². The summed E-state index contributed by atoms with van der Waals surface area (Å²) < 4.78 is 5.73. The second-order valence-corrected chi connectivity index (χ2v) is 6.46. The Morgan fingerprint density at radius 1 is 1.57 bits per heavy atom. The largest absolute Gasteiger partial charge is 0.490 e. The third-order valence-electron chi connectivity index (χ3n) is 3.84. The van der Waals surface area contributed by atoms with E-state index in [0.717, 1.165) is 12.1 Å². The van der Waals surface area contributed by atoms with E-state index in [1.54, 1.807) is 24.2 Å². The van der Waals surface area contributed by atoms with Crippen molar-refractivity contribution in [2.45, 2.75) is 25.5 Å². The molecule has 2 N–H and O–H groups in total. The van der Waals surface area contributed by atoms with E-state index in [0.29, 0.717) is 38.4 Å². The number of amides is 2. The van der Waals surface area contributed by atoms with E-state index >= 15 is 0 Å². The average molecular weight is 322 g/mol. The zero-order valence-corrected chi connectivity index (χ0v) is 14.1. The van der Waals surface area contributed by atoms with Gasteiger partial charge in [-0.15, -0.1) is 0 Å². The van der Waals surface area contributed by atoms with Crippen LogP contribution in [-0.4, -0.2) is 71.9 Å². The van der Waals surface area contributed by atoms with Gasteiger partial charge in [-0.2, -0.15) is 0 Å². The minimum atomic E-state index is -0.783. The molecule has 7 nitrogen and oxygen atoms in total. The molecular weight excluding hydrogens is 296 g/mol. The molecule has 23 heavy (non-hydrogen) atoms. The van der Waals surface area contributed by atoms with Gasteiger partial charge >= 0.3 is 6.03 Å². The molecule has 0 spiro atoms. The van der Waals surface area contributed by atoms with Gasteiger partial charge in [0.05, 0.1) is 18.3 Å². The van der Waals surface area contributed by atoms with Crippen LogP contribution in [0.4, 0.5) is 4.79 Å². The van der Waals surface area contributed by atoms with Crippen molar-refractivity contribution in [3.8, 4) is 5.75 Å². The first-order valence-electron chi connectivity index (χ1n) is 7.83. The summed E-state index contributed by atoms with van der Waals surface area (Å²) in [5.74, 6) is 0.683. The van der Waals surface area contributed by atoms with Crippen LogP contribution in [0.25, 0.3) is 0 Å². The molecule has 0 radical (unpaired) electrons. The molecule has 0 bridgehead atoms.